The van der Waals surface area contributed by atoms with Crippen LogP contribution in [0.5, 0.6) is 0 Å². The van der Waals surface area contributed by atoms with E-state index in [-0.39, 0.29) is 23.0 Å². The van der Waals surface area contributed by atoms with Crippen LogP contribution in [-0.4, -0.2) is 84.6 Å². The van der Waals surface area contributed by atoms with Gasteiger partial charge in [0.2, 0.25) is 5.91 Å². The summed E-state index contributed by atoms with van der Waals surface area (Å²) in [5, 5.41) is 6.83. The number of amides is 1. The number of hydrogen-bond donors (Lipinski definition) is 1. The average Bonchev–Trinajstić information content (AvgIpc) is 2.80. The van der Waals surface area contributed by atoms with Crippen molar-refractivity contribution in [2.75, 3.05) is 31.9 Å². The number of alkyl halides is 3. The number of nitrogens with zero attached hydrogens (tertiary/aromatic N) is 2. The van der Waals surface area contributed by atoms with E-state index in [0.717, 1.165) is 13.0 Å². The smallest absolute Gasteiger partial charge is 0.475 e. The van der Waals surface area contributed by atoms with Gasteiger partial charge in [0.05, 0.1) is 11.0 Å². The molecule has 2 aliphatic heterocycles. The number of carbonyl (C=O) groups excluding carboxylic acids is 1. The summed E-state index contributed by atoms with van der Waals surface area (Å²) in [6.45, 7) is 11.3. The zero-order valence-corrected chi connectivity index (χ0v) is 18.8. The maximum absolute atomic E-state index is 12.5. The Morgan fingerprint density at radius 2 is 1.57 bits per heavy atom. The molecule has 2 saturated heterocycles. The highest BCUT2D eigenvalue weighted by atomic mass is 32.2. The van der Waals surface area contributed by atoms with Gasteiger partial charge >= 0.3 is 12.1 Å². The fourth-order valence-electron chi connectivity index (χ4n) is 3.88. The standard InChI is InChI=1S/C17H32N2O3S.C2HF3O2/c1-13(2)11-17(20)18-7-5-15-16(6-8-18)23(21,22)10-9-19(15)12-14(3)4;3-2(4,5)1(6)7/h13-16H,5-12H2,1-4H3;(H,6,7)/t15-,16+;/m0./s1. The van der Waals surface area contributed by atoms with Gasteiger partial charge in [0.25, 0.3) is 0 Å². The fourth-order valence-corrected chi connectivity index (χ4v) is 5.93. The molecular weight excluding hydrogens is 425 g/mol. The van der Waals surface area contributed by atoms with E-state index >= 15 is 0 Å². The molecule has 0 aliphatic carbocycles. The molecule has 2 aliphatic rings. The number of carboxylic acids is 1. The highest BCUT2D eigenvalue weighted by Crippen LogP contribution is 2.29. The van der Waals surface area contributed by atoms with Crippen molar-refractivity contribution in [3.05, 3.63) is 0 Å². The highest BCUT2D eigenvalue weighted by Gasteiger charge is 2.43. The van der Waals surface area contributed by atoms with Crippen molar-refractivity contribution in [1.82, 2.24) is 9.80 Å². The number of sulfone groups is 1. The minimum absolute atomic E-state index is 0.0769. The topological polar surface area (TPSA) is 95.0 Å². The van der Waals surface area contributed by atoms with Crippen LogP contribution in [0.25, 0.3) is 0 Å². The number of fused-ring (bicyclic) bond motifs is 1. The van der Waals surface area contributed by atoms with Crippen LogP contribution in [0.3, 0.4) is 0 Å². The second-order valence-electron chi connectivity index (χ2n) is 8.72. The SMILES string of the molecule is CC(C)CC(=O)N1CC[C@@H]2[C@H](CC1)N(CC(C)C)CCS2(=O)=O.O=C(O)C(F)(F)F. The lowest BCUT2D eigenvalue weighted by atomic mass is 10.0. The molecule has 0 saturated carbocycles. The number of aliphatic carboxylic acids is 1. The van der Waals surface area contributed by atoms with Crippen molar-refractivity contribution in [3.8, 4) is 0 Å². The molecule has 0 bridgehead atoms. The molecule has 1 amide bonds. The molecular formula is C19H33F3N2O5S. The maximum atomic E-state index is 12.5. The van der Waals surface area contributed by atoms with Crippen LogP contribution in [0, 0.1) is 11.8 Å². The van der Waals surface area contributed by atoms with Crippen molar-refractivity contribution in [2.45, 2.75) is 64.4 Å². The van der Waals surface area contributed by atoms with Crippen LogP contribution < -0.4 is 0 Å². The van der Waals surface area contributed by atoms with Gasteiger partial charge in [-0.3, -0.25) is 9.69 Å². The van der Waals surface area contributed by atoms with Crippen LogP contribution in [0.2, 0.25) is 0 Å². The Bertz CT molecular complexity index is 695. The minimum atomic E-state index is -5.08. The Labute approximate surface area is 176 Å². The van der Waals surface area contributed by atoms with E-state index in [1.165, 1.54) is 0 Å². The van der Waals surface area contributed by atoms with E-state index < -0.39 is 22.0 Å². The van der Waals surface area contributed by atoms with Crippen molar-refractivity contribution in [2.24, 2.45) is 11.8 Å². The summed E-state index contributed by atoms with van der Waals surface area (Å²) >= 11 is 0. The molecule has 11 heteroatoms. The van der Waals surface area contributed by atoms with Gasteiger partial charge < -0.3 is 10.0 Å². The third-order valence-electron chi connectivity index (χ3n) is 5.18. The average molecular weight is 459 g/mol. The molecule has 2 fully saturated rings. The van der Waals surface area contributed by atoms with E-state index in [9.17, 15) is 26.4 Å². The number of likely N-dealkylation sites (tertiary alicyclic amines) is 1. The summed E-state index contributed by atoms with van der Waals surface area (Å²) in [5.74, 6) is -1.45. The molecule has 30 heavy (non-hydrogen) atoms. The molecule has 0 aromatic carbocycles. The Hall–Kier alpha value is -1.36. The molecule has 2 rings (SSSR count). The molecule has 0 aromatic heterocycles. The van der Waals surface area contributed by atoms with E-state index in [4.69, 9.17) is 9.90 Å². The zero-order chi connectivity index (χ0) is 23.3. The molecule has 0 spiro atoms. The van der Waals surface area contributed by atoms with Gasteiger partial charge in [-0.1, -0.05) is 27.7 Å². The number of hydrogen-bond acceptors (Lipinski definition) is 5. The van der Waals surface area contributed by atoms with Crippen molar-refractivity contribution < 1.29 is 36.3 Å². The van der Waals surface area contributed by atoms with Crippen LogP contribution >= 0.6 is 0 Å². The molecule has 176 valence electrons. The van der Waals surface area contributed by atoms with Gasteiger partial charge in [0.15, 0.2) is 9.84 Å². The molecule has 0 radical (unpaired) electrons. The largest absolute Gasteiger partial charge is 0.490 e. The predicted octanol–water partition coefficient (Wildman–Crippen LogP) is 2.41. The van der Waals surface area contributed by atoms with E-state index in [2.05, 4.69) is 18.7 Å². The predicted molar refractivity (Wildman–Crippen MR) is 107 cm³/mol. The second-order valence-corrected chi connectivity index (χ2v) is 11.1. The van der Waals surface area contributed by atoms with Crippen molar-refractivity contribution >= 4 is 21.7 Å². The van der Waals surface area contributed by atoms with Gasteiger partial charge in [0.1, 0.15) is 0 Å². The Balaban J connectivity index is 0.000000553. The zero-order valence-electron chi connectivity index (χ0n) is 18.0. The van der Waals surface area contributed by atoms with Gasteiger partial charge in [-0.15, -0.1) is 0 Å². The first-order valence-corrected chi connectivity index (χ1v) is 11.9. The molecule has 2 atom stereocenters. The quantitative estimate of drug-likeness (QED) is 0.695. The van der Waals surface area contributed by atoms with Crippen molar-refractivity contribution in [3.63, 3.8) is 0 Å². The number of halogens is 3. The van der Waals surface area contributed by atoms with Crippen LogP contribution in [-0.2, 0) is 19.4 Å². The van der Waals surface area contributed by atoms with Crippen LogP contribution in [0.4, 0.5) is 13.2 Å². The highest BCUT2D eigenvalue weighted by molar-refractivity contribution is 7.92. The molecule has 0 aromatic rings. The van der Waals surface area contributed by atoms with Gasteiger partial charge in [-0.2, -0.15) is 13.2 Å². The molecule has 0 unspecified atom stereocenters. The number of carbonyl (C=O) groups is 2. The summed E-state index contributed by atoms with van der Waals surface area (Å²) in [6.07, 6.45) is -3.16. The Kier molecular flexibility index (Phi) is 9.59. The monoisotopic (exact) mass is 458 g/mol. The third kappa shape index (κ3) is 8.05. The first kappa shape index (κ1) is 26.7. The molecule has 1 N–H and O–H groups in total. The summed E-state index contributed by atoms with van der Waals surface area (Å²) in [6, 6.07) is 0.0769. The fraction of sp³-hybridized carbons (Fsp3) is 0.895. The third-order valence-corrected chi connectivity index (χ3v) is 7.40. The van der Waals surface area contributed by atoms with Crippen LogP contribution in [0.15, 0.2) is 0 Å². The van der Waals surface area contributed by atoms with Gasteiger partial charge in [-0.05, 0) is 24.7 Å². The van der Waals surface area contributed by atoms with E-state index in [0.29, 0.717) is 44.3 Å². The maximum Gasteiger partial charge on any atom is 0.490 e. The first-order valence-electron chi connectivity index (χ1n) is 10.2. The normalized spacial score (nSPS) is 24.6. The first-order chi connectivity index (χ1) is 13.6. The lowest BCUT2D eigenvalue weighted by molar-refractivity contribution is -0.192. The lowest BCUT2D eigenvalue weighted by Crippen LogP contribution is -2.55. The lowest BCUT2D eigenvalue weighted by Gasteiger charge is -2.40. The summed E-state index contributed by atoms with van der Waals surface area (Å²) in [4.78, 5) is 25.5. The Morgan fingerprint density at radius 3 is 2.03 bits per heavy atom. The summed E-state index contributed by atoms with van der Waals surface area (Å²) < 4.78 is 56.8. The second kappa shape index (κ2) is 10.8. The van der Waals surface area contributed by atoms with Gasteiger partial charge in [-0.25, -0.2) is 13.2 Å². The number of carboxylic acid groups (broad SMARTS) is 1. The van der Waals surface area contributed by atoms with E-state index in [1.807, 2.05) is 18.7 Å². The summed E-state index contributed by atoms with van der Waals surface area (Å²) in [5.41, 5.74) is 0. The molecule has 2 heterocycles. The van der Waals surface area contributed by atoms with Crippen molar-refractivity contribution in [1.29, 1.82) is 0 Å². The number of rotatable bonds is 4. The minimum Gasteiger partial charge on any atom is -0.475 e. The van der Waals surface area contributed by atoms with Crippen LogP contribution in [0.1, 0.15) is 47.0 Å². The molecule has 7 nitrogen and oxygen atoms in total. The van der Waals surface area contributed by atoms with E-state index in [1.54, 1.807) is 0 Å². The van der Waals surface area contributed by atoms with Gasteiger partial charge in [0, 0.05) is 38.6 Å². The Morgan fingerprint density at radius 1 is 1.03 bits per heavy atom. The summed E-state index contributed by atoms with van der Waals surface area (Å²) in [7, 11) is -3.03.